The first kappa shape index (κ1) is 22.2. The van der Waals surface area contributed by atoms with E-state index in [0.717, 1.165) is 0 Å². The van der Waals surface area contributed by atoms with Gasteiger partial charge in [-0.1, -0.05) is 12.1 Å². The van der Waals surface area contributed by atoms with Crippen LogP contribution < -0.4 is 0 Å². The molecule has 0 aromatic heterocycles. The summed E-state index contributed by atoms with van der Waals surface area (Å²) in [4.78, 5) is 32.4. The Balaban J connectivity index is 1.55. The van der Waals surface area contributed by atoms with Crippen LogP contribution in [0.15, 0.2) is 33.6 Å². The van der Waals surface area contributed by atoms with Crippen LogP contribution in [0.1, 0.15) is 19.4 Å². The molecule has 0 bridgehead atoms. The average molecular weight is 436 g/mol. The number of amides is 2. The van der Waals surface area contributed by atoms with Gasteiger partial charge in [0.05, 0.1) is 13.1 Å². The van der Waals surface area contributed by atoms with Crippen LogP contribution in [0.3, 0.4) is 0 Å². The van der Waals surface area contributed by atoms with E-state index in [0.29, 0.717) is 57.2 Å². The van der Waals surface area contributed by atoms with E-state index in [1.165, 1.54) is 6.07 Å². The highest BCUT2D eigenvalue weighted by atomic mass is 32.2. The number of benzene rings is 1. The zero-order valence-corrected chi connectivity index (χ0v) is 18.6. The molecule has 164 valence electrons. The molecule has 0 saturated carbocycles. The van der Waals surface area contributed by atoms with Crippen LogP contribution in [-0.2, 0) is 19.6 Å². The smallest absolute Gasteiger partial charge is 0.285 e. The summed E-state index contributed by atoms with van der Waals surface area (Å²) in [7, 11) is -2.04. The van der Waals surface area contributed by atoms with Gasteiger partial charge in [0.2, 0.25) is 11.8 Å². The maximum absolute atomic E-state index is 12.8. The number of rotatable bonds is 6. The molecule has 0 unspecified atom stereocenters. The van der Waals surface area contributed by atoms with Crippen molar-refractivity contribution in [2.45, 2.75) is 18.7 Å². The molecule has 0 spiro atoms. The van der Waals surface area contributed by atoms with Crippen molar-refractivity contribution >= 4 is 27.7 Å². The fourth-order valence-corrected chi connectivity index (χ4v) is 5.02. The lowest BCUT2D eigenvalue weighted by Gasteiger charge is -2.36. The Morgan fingerprint density at radius 1 is 1.07 bits per heavy atom. The molecule has 3 rings (SSSR count). The van der Waals surface area contributed by atoms with Crippen LogP contribution in [-0.4, -0.2) is 105 Å². The first-order valence-corrected chi connectivity index (χ1v) is 11.6. The van der Waals surface area contributed by atoms with Crippen molar-refractivity contribution in [2.75, 3.05) is 59.4 Å². The standard InChI is InChI=1S/C20H29N5O4S/c1-4-24(5-2)19(27)15-23-10-12-25(13-11-23)18(26)14-22(3)20-16-8-6-7-9-17(16)30(28,29)21-20/h6-9H,4-5,10-15H2,1-3H3. The van der Waals surface area contributed by atoms with E-state index in [-0.39, 0.29) is 23.3 Å². The van der Waals surface area contributed by atoms with Gasteiger partial charge in [-0.25, -0.2) is 0 Å². The summed E-state index contributed by atoms with van der Waals surface area (Å²) in [6.07, 6.45) is 0. The summed E-state index contributed by atoms with van der Waals surface area (Å²) in [6.45, 7) is 8.10. The van der Waals surface area contributed by atoms with Crippen LogP contribution in [0, 0.1) is 0 Å². The Bertz CT molecular complexity index is 934. The number of fused-ring (bicyclic) bond motifs is 1. The summed E-state index contributed by atoms with van der Waals surface area (Å²) in [5.74, 6) is 0.317. The number of sulfonamides is 1. The second kappa shape index (κ2) is 9.13. The summed E-state index contributed by atoms with van der Waals surface area (Å²) in [5, 5.41) is 0. The van der Waals surface area contributed by atoms with Crippen molar-refractivity contribution in [1.82, 2.24) is 19.6 Å². The Hall–Kier alpha value is -2.46. The molecule has 1 fully saturated rings. The molecule has 10 heteroatoms. The number of likely N-dealkylation sites (N-methyl/N-ethyl adjacent to an activating group) is 2. The van der Waals surface area contributed by atoms with Crippen molar-refractivity contribution < 1.29 is 18.0 Å². The van der Waals surface area contributed by atoms with Crippen LogP contribution in [0.5, 0.6) is 0 Å². The molecule has 30 heavy (non-hydrogen) atoms. The molecule has 1 aromatic carbocycles. The predicted molar refractivity (Wildman–Crippen MR) is 114 cm³/mol. The van der Waals surface area contributed by atoms with Gasteiger partial charge in [0.25, 0.3) is 10.0 Å². The van der Waals surface area contributed by atoms with E-state index in [1.54, 1.807) is 39.9 Å². The fourth-order valence-electron chi connectivity index (χ4n) is 3.76. The minimum absolute atomic E-state index is 0.0427. The van der Waals surface area contributed by atoms with Gasteiger partial charge in [-0.15, -0.1) is 4.40 Å². The SMILES string of the molecule is CCN(CC)C(=O)CN1CCN(C(=O)CN(C)C2=NS(=O)(=O)c3ccccc32)CC1. The van der Waals surface area contributed by atoms with Gasteiger partial charge >= 0.3 is 0 Å². The zero-order chi connectivity index (χ0) is 21.9. The Morgan fingerprint density at radius 2 is 1.70 bits per heavy atom. The molecule has 1 aromatic rings. The molecule has 0 atom stereocenters. The van der Waals surface area contributed by atoms with Crippen LogP contribution in [0.25, 0.3) is 0 Å². The quantitative estimate of drug-likeness (QED) is 0.628. The van der Waals surface area contributed by atoms with Gasteiger partial charge in [-0.3, -0.25) is 14.5 Å². The Kier molecular flexibility index (Phi) is 6.77. The molecule has 2 aliphatic heterocycles. The van der Waals surface area contributed by atoms with Gasteiger partial charge in [0, 0.05) is 51.9 Å². The second-order valence-corrected chi connectivity index (χ2v) is 9.04. The zero-order valence-electron chi connectivity index (χ0n) is 17.7. The maximum atomic E-state index is 12.8. The third-order valence-corrected chi connectivity index (χ3v) is 6.87. The van der Waals surface area contributed by atoms with Crippen LogP contribution in [0.2, 0.25) is 0 Å². The highest BCUT2D eigenvalue weighted by molar-refractivity contribution is 7.90. The van der Waals surface area contributed by atoms with Crippen molar-refractivity contribution in [1.29, 1.82) is 0 Å². The van der Waals surface area contributed by atoms with E-state index in [1.807, 2.05) is 13.8 Å². The summed E-state index contributed by atoms with van der Waals surface area (Å²) in [6, 6.07) is 6.63. The Labute approximate surface area is 178 Å². The topological polar surface area (TPSA) is 93.6 Å². The molecule has 1 saturated heterocycles. The maximum Gasteiger partial charge on any atom is 0.285 e. The molecule has 0 N–H and O–H groups in total. The molecular weight excluding hydrogens is 406 g/mol. The largest absolute Gasteiger partial charge is 0.349 e. The monoisotopic (exact) mass is 435 g/mol. The fraction of sp³-hybridized carbons (Fsp3) is 0.550. The molecule has 2 heterocycles. The third-order valence-electron chi connectivity index (χ3n) is 5.55. The first-order valence-electron chi connectivity index (χ1n) is 10.2. The van der Waals surface area contributed by atoms with Gasteiger partial charge in [-0.2, -0.15) is 8.42 Å². The lowest BCUT2D eigenvalue weighted by atomic mass is 10.2. The number of hydrogen-bond donors (Lipinski definition) is 0. The van der Waals surface area contributed by atoms with Gasteiger partial charge < -0.3 is 14.7 Å². The van der Waals surface area contributed by atoms with E-state index >= 15 is 0 Å². The minimum Gasteiger partial charge on any atom is -0.349 e. The summed E-state index contributed by atoms with van der Waals surface area (Å²) in [5.41, 5.74) is 0.521. The van der Waals surface area contributed by atoms with Crippen molar-refractivity contribution in [3.63, 3.8) is 0 Å². The second-order valence-electron chi connectivity index (χ2n) is 7.47. The number of amidine groups is 1. The molecule has 0 aliphatic carbocycles. The van der Waals surface area contributed by atoms with Gasteiger partial charge in [0.15, 0.2) is 5.84 Å². The molecular formula is C20H29N5O4S. The van der Waals surface area contributed by atoms with Gasteiger partial charge in [-0.05, 0) is 26.0 Å². The van der Waals surface area contributed by atoms with E-state index in [2.05, 4.69) is 9.30 Å². The normalized spacial score (nSPS) is 18.0. The van der Waals surface area contributed by atoms with Crippen molar-refractivity contribution in [2.24, 2.45) is 4.40 Å². The predicted octanol–water partition coefficient (Wildman–Crippen LogP) is 0.0799. The van der Waals surface area contributed by atoms with Crippen LogP contribution >= 0.6 is 0 Å². The summed E-state index contributed by atoms with van der Waals surface area (Å²) < 4.78 is 28.3. The first-order chi connectivity index (χ1) is 14.3. The number of carbonyl (C=O) groups is 2. The number of hydrogen-bond acceptors (Lipinski definition) is 6. The van der Waals surface area contributed by atoms with E-state index in [4.69, 9.17) is 0 Å². The highest BCUT2D eigenvalue weighted by Gasteiger charge is 2.32. The molecule has 0 radical (unpaired) electrons. The average Bonchev–Trinajstić information content (AvgIpc) is 3.01. The molecule has 9 nitrogen and oxygen atoms in total. The number of nitrogens with zero attached hydrogens (tertiary/aromatic N) is 5. The van der Waals surface area contributed by atoms with Crippen molar-refractivity contribution in [3.8, 4) is 0 Å². The lowest BCUT2D eigenvalue weighted by molar-refractivity contribution is -0.135. The minimum atomic E-state index is -3.71. The van der Waals surface area contributed by atoms with E-state index in [9.17, 15) is 18.0 Å². The molecule has 2 aliphatic rings. The van der Waals surface area contributed by atoms with Crippen LogP contribution in [0.4, 0.5) is 0 Å². The number of piperazine rings is 1. The highest BCUT2D eigenvalue weighted by Crippen LogP contribution is 2.26. The summed E-state index contributed by atoms with van der Waals surface area (Å²) >= 11 is 0. The molecule has 2 amide bonds. The lowest BCUT2D eigenvalue weighted by Crippen LogP contribution is -2.53. The number of carbonyl (C=O) groups excluding carboxylic acids is 2. The van der Waals surface area contributed by atoms with Crippen molar-refractivity contribution in [3.05, 3.63) is 29.8 Å². The third kappa shape index (κ3) is 4.65. The van der Waals surface area contributed by atoms with Gasteiger partial charge in [0.1, 0.15) is 4.90 Å². The Morgan fingerprint density at radius 3 is 2.33 bits per heavy atom. The van der Waals surface area contributed by atoms with E-state index < -0.39 is 10.0 Å².